The van der Waals surface area contributed by atoms with Gasteiger partial charge in [-0.05, 0) is 22.1 Å². The van der Waals surface area contributed by atoms with Crippen LogP contribution in [0.15, 0.2) is 0 Å². The fourth-order valence-corrected chi connectivity index (χ4v) is 2.37. The molecule has 1 atom stereocenters. The molecule has 0 spiro atoms. The second kappa shape index (κ2) is 17.3. The maximum Gasteiger partial charge on any atom is 0.673 e. The van der Waals surface area contributed by atoms with Crippen molar-refractivity contribution in [2.75, 3.05) is 6.16 Å². The maximum atomic E-state index is 9.75. The first-order valence-corrected chi connectivity index (χ1v) is 9.08. The second-order valence-corrected chi connectivity index (χ2v) is 5.94. The van der Waals surface area contributed by atoms with Gasteiger partial charge in [0, 0.05) is 0 Å². The first kappa shape index (κ1) is 22.5. The van der Waals surface area contributed by atoms with Gasteiger partial charge in [0.15, 0.2) is 0 Å². The molecule has 0 amide bonds. The fourth-order valence-electron chi connectivity index (χ4n) is 2.02. The Kier molecular flexibility index (Phi) is 19.4. The van der Waals surface area contributed by atoms with E-state index in [1.54, 1.807) is 0 Å². The van der Waals surface area contributed by atoms with Crippen LogP contribution in [0.1, 0.15) is 84.0 Å². The highest BCUT2D eigenvalue weighted by molar-refractivity contribution is 7.16. The normalized spacial score (nSPS) is 11.2. The monoisotopic (exact) mass is 318 g/mol. The Hall–Kier alpha value is 0.215. The predicted molar refractivity (Wildman–Crippen MR) is 87.2 cm³/mol. The van der Waals surface area contributed by atoms with Gasteiger partial charge >= 0.3 is 7.25 Å². The van der Waals surface area contributed by atoms with Gasteiger partial charge in [-0.25, -0.2) is 0 Å². The zero-order valence-corrected chi connectivity index (χ0v) is 14.4. The summed E-state index contributed by atoms with van der Waals surface area (Å²) in [6.45, 7) is 2.29. The van der Waals surface area contributed by atoms with Gasteiger partial charge in [0.2, 0.25) is 0 Å². The van der Waals surface area contributed by atoms with E-state index in [-0.39, 0.29) is 0 Å². The number of halogens is 4. The Balaban J connectivity index is 0. The van der Waals surface area contributed by atoms with Crippen molar-refractivity contribution in [3.8, 4) is 0 Å². The second-order valence-electron chi connectivity index (χ2n) is 5.24. The Labute approximate surface area is 124 Å². The summed E-state index contributed by atoms with van der Waals surface area (Å²) in [7, 11) is -3.89. The van der Waals surface area contributed by atoms with E-state index in [1.165, 1.54) is 83.2 Å². The highest BCUT2D eigenvalue weighted by Gasteiger charge is 2.20. The quantitative estimate of drug-likeness (QED) is 0.165. The highest BCUT2D eigenvalue weighted by atomic mass is 31.0. The first-order chi connectivity index (χ1) is 9.41. The van der Waals surface area contributed by atoms with Gasteiger partial charge < -0.3 is 17.3 Å². The molecule has 0 nitrogen and oxygen atoms in total. The van der Waals surface area contributed by atoms with Gasteiger partial charge in [0.1, 0.15) is 0 Å². The lowest BCUT2D eigenvalue weighted by atomic mass is 10.1. The van der Waals surface area contributed by atoms with Crippen molar-refractivity contribution in [1.82, 2.24) is 0 Å². The summed E-state index contributed by atoms with van der Waals surface area (Å²) >= 11 is 0. The SMILES string of the molecule is CCCCCCCCCCCCCC[PH3+].F[B-](F)(F)F. The zero-order chi connectivity index (χ0) is 15.7. The largest absolute Gasteiger partial charge is 0.673 e. The predicted octanol–water partition coefficient (Wildman–Crippen LogP) is 6.59. The Morgan fingerprint density at radius 1 is 0.600 bits per heavy atom. The van der Waals surface area contributed by atoms with E-state index in [2.05, 4.69) is 16.2 Å². The van der Waals surface area contributed by atoms with Gasteiger partial charge in [-0.15, -0.1) is 0 Å². The topological polar surface area (TPSA) is 0 Å². The van der Waals surface area contributed by atoms with Crippen molar-refractivity contribution in [3.63, 3.8) is 0 Å². The van der Waals surface area contributed by atoms with Gasteiger partial charge in [-0.3, -0.25) is 0 Å². The zero-order valence-electron chi connectivity index (χ0n) is 13.0. The van der Waals surface area contributed by atoms with Crippen LogP contribution in [0.5, 0.6) is 0 Å². The molecule has 0 aliphatic carbocycles. The third-order valence-corrected chi connectivity index (χ3v) is 3.60. The van der Waals surface area contributed by atoms with Crippen LogP contribution in [0.3, 0.4) is 0 Å². The number of hydrogen-bond acceptors (Lipinski definition) is 0. The molecule has 0 heterocycles. The van der Waals surface area contributed by atoms with Crippen LogP contribution in [0.4, 0.5) is 17.3 Å². The van der Waals surface area contributed by atoms with E-state index in [0.717, 1.165) is 0 Å². The molecule has 0 aromatic heterocycles. The molecule has 0 radical (unpaired) electrons. The third-order valence-electron chi connectivity index (χ3n) is 3.10. The molecule has 0 aromatic carbocycles. The first-order valence-electron chi connectivity index (χ1n) is 8.08. The minimum absolute atomic E-state index is 1.37. The number of unbranched alkanes of at least 4 members (excludes halogenated alkanes) is 11. The Bertz CT molecular complexity index is 159. The van der Waals surface area contributed by atoms with Crippen molar-refractivity contribution in [1.29, 1.82) is 0 Å². The van der Waals surface area contributed by atoms with Crippen LogP contribution in [0.2, 0.25) is 0 Å². The van der Waals surface area contributed by atoms with Crippen molar-refractivity contribution >= 4 is 16.5 Å². The van der Waals surface area contributed by atoms with Crippen LogP contribution in [-0.2, 0) is 0 Å². The Morgan fingerprint density at radius 2 is 0.850 bits per heavy atom. The molecule has 0 saturated heterocycles. The van der Waals surface area contributed by atoms with Crippen molar-refractivity contribution in [3.05, 3.63) is 0 Å². The summed E-state index contributed by atoms with van der Waals surface area (Å²) in [6, 6.07) is 0. The van der Waals surface area contributed by atoms with Crippen LogP contribution >= 0.6 is 9.24 Å². The molecule has 6 heteroatoms. The third kappa shape index (κ3) is 36.2. The molecule has 0 bridgehead atoms. The lowest BCUT2D eigenvalue weighted by Gasteiger charge is -2.01. The summed E-state index contributed by atoms with van der Waals surface area (Å²) in [5.41, 5.74) is 0. The van der Waals surface area contributed by atoms with Crippen LogP contribution in [0, 0.1) is 0 Å². The molecule has 20 heavy (non-hydrogen) atoms. The van der Waals surface area contributed by atoms with E-state index in [4.69, 9.17) is 0 Å². The van der Waals surface area contributed by atoms with Crippen LogP contribution < -0.4 is 0 Å². The molecule has 0 N–H and O–H groups in total. The lowest BCUT2D eigenvalue weighted by Crippen LogP contribution is -2.02. The van der Waals surface area contributed by atoms with E-state index in [1.807, 2.05) is 0 Å². The van der Waals surface area contributed by atoms with E-state index >= 15 is 0 Å². The van der Waals surface area contributed by atoms with Crippen molar-refractivity contribution < 1.29 is 17.3 Å². The number of rotatable bonds is 12. The van der Waals surface area contributed by atoms with Gasteiger partial charge in [0.25, 0.3) is 0 Å². The molecule has 1 unspecified atom stereocenters. The molecule has 0 aliphatic heterocycles. The minimum atomic E-state index is -6.00. The van der Waals surface area contributed by atoms with Crippen LogP contribution in [0.25, 0.3) is 0 Å². The summed E-state index contributed by atoms with van der Waals surface area (Å²) in [4.78, 5) is 0. The molecule has 0 fully saturated rings. The maximum absolute atomic E-state index is 9.75. The molecular weight excluding hydrogens is 286 g/mol. The van der Waals surface area contributed by atoms with Crippen molar-refractivity contribution in [2.24, 2.45) is 0 Å². The van der Waals surface area contributed by atoms with Gasteiger partial charge in [-0.1, -0.05) is 71.1 Å². The lowest BCUT2D eigenvalue weighted by molar-refractivity contribution is 0.368. The van der Waals surface area contributed by atoms with Gasteiger partial charge in [0.05, 0.1) is 6.16 Å². The summed E-state index contributed by atoms with van der Waals surface area (Å²) in [5.74, 6) is 0. The standard InChI is InChI=1S/C14H31P.BF4/c1-2-3-4-5-6-7-8-9-10-11-12-13-14-15;2-1(3,4)5/h2-15H2,1H3;/q;-1/p+1. The molecule has 0 rings (SSSR count). The average Bonchev–Trinajstić information content (AvgIpc) is 2.34. The smallest absolute Gasteiger partial charge is 0.418 e. The summed E-state index contributed by atoms with van der Waals surface area (Å²) in [6.07, 6.45) is 19.0. The minimum Gasteiger partial charge on any atom is -0.418 e. The average molecular weight is 318 g/mol. The summed E-state index contributed by atoms with van der Waals surface area (Å²) < 4.78 is 39.0. The van der Waals surface area contributed by atoms with E-state index in [9.17, 15) is 17.3 Å². The van der Waals surface area contributed by atoms with E-state index < -0.39 is 7.25 Å². The van der Waals surface area contributed by atoms with Gasteiger partial charge in [-0.2, -0.15) is 0 Å². The van der Waals surface area contributed by atoms with Crippen molar-refractivity contribution in [2.45, 2.75) is 84.0 Å². The molecule has 0 aliphatic rings. The summed E-state index contributed by atoms with van der Waals surface area (Å²) in [5, 5.41) is 0. The highest BCUT2D eigenvalue weighted by Crippen LogP contribution is 2.12. The fraction of sp³-hybridized carbons (Fsp3) is 1.00. The number of hydrogen-bond donors (Lipinski definition) is 0. The van der Waals surface area contributed by atoms with Crippen LogP contribution in [-0.4, -0.2) is 13.4 Å². The molecular formula is C14H32BF4P. The molecule has 0 aromatic rings. The Morgan fingerprint density at radius 3 is 1.10 bits per heavy atom. The van der Waals surface area contributed by atoms with E-state index in [0.29, 0.717) is 0 Å². The molecule has 124 valence electrons. The molecule has 0 saturated carbocycles.